The minimum Gasteiger partial charge on any atom is -0.448 e. The van der Waals surface area contributed by atoms with Crippen LogP contribution in [0.2, 0.25) is 0 Å². The van der Waals surface area contributed by atoms with E-state index in [1.165, 1.54) is 22.3 Å². The molecule has 0 saturated carbocycles. The van der Waals surface area contributed by atoms with Crippen LogP contribution < -0.4 is 5.32 Å². The van der Waals surface area contributed by atoms with E-state index in [9.17, 15) is 4.79 Å². The molecule has 1 saturated heterocycles. The Balaban J connectivity index is 1.45. The van der Waals surface area contributed by atoms with E-state index in [0.717, 1.165) is 19.3 Å². The molecular weight excluding hydrogens is 302 g/mol. The standard InChI is InChI=1S/C20H21NO3/c22-20(21-19-11-5-6-12-23-19)24-13-18-16-9-3-1-7-14(16)15-8-2-4-10-17(15)18/h1-4,7-10,18-19H,5-6,11-13H2,(H,21,22)/t19-/m1/s1. The van der Waals surface area contributed by atoms with Crippen molar-refractivity contribution in [3.8, 4) is 11.1 Å². The zero-order valence-corrected chi connectivity index (χ0v) is 13.5. The molecule has 0 unspecified atom stereocenters. The average molecular weight is 323 g/mol. The van der Waals surface area contributed by atoms with Gasteiger partial charge in [-0.25, -0.2) is 4.79 Å². The van der Waals surface area contributed by atoms with Gasteiger partial charge in [0.05, 0.1) is 0 Å². The molecule has 1 atom stereocenters. The van der Waals surface area contributed by atoms with Crippen LogP contribution in [0.1, 0.15) is 36.3 Å². The van der Waals surface area contributed by atoms with Gasteiger partial charge in [-0.2, -0.15) is 0 Å². The fourth-order valence-corrected chi connectivity index (χ4v) is 3.63. The third kappa shape index (κ3) is 2.89. The van der Waals surface area contributed by atoms with Gasteiger partial charge in [-0.15, -0.1) is 0 Å². The molecule has 0 radical (unpaired) electrons. The van der Waals surface area contributed by atoms with Gasteiger partial charge in [0.2, 0.25) is 0 Å². The molecule has 1 aliphatic carbocycles. The first-order chi connectivity index (χ1) is 11.8. The normalized spacial score (nSPS) is 19.4. The number of carbonyl (C=O) groups excluding carboxylic acids is 1. The fourth-order valence-electron chi connectivity index (χ4n) is 3.63. The van der Waals surface area contributed by atoms with Crippen molar-refractivity contribution < 1.29 is 14.3 Å². The van der Waals surface area contributed by atoms with Crippen LogP contribution in [0, 0.1) is 0 Å². The van der Waals surface area contributed by atoms with Crippen LogP contribution in [-0.4, -0.2) is 25.5 Å². The van der Waals surface area contributed by atoms with Crippen LogP contribution in [0.3, 0.4) is 0 Å². The smallest absolute Gasteiger partial charge is 0.409 e. The molecule has 2 aromatic carbocycles. The maximum Gasteiger partial charge on any atom is 0.409 e. The number of fused-ring (bicyclic) bond motifs is 3. The van der Waals surface area contributed by atoms with E-state index in [0.29, 0.717) is 13.2 Å². The SMILES string of the molecule is O=C(N[C@H]1CCCCO1)OCC1c2ccccc2-c2ccccc21. The van der Waals surface area contributed by atoms with Crippen LogP contribution in [0.4, 0.5) is 4.79 Å². The second kappa shape index (κ2) is 6.65. The summed E-state index contributed by atoms with van der Waals surface area (Å²) < 4.78 is 11.0. The first-order valence-electron chi connectivity index (χ1n) is 8.56. The molecule has 2 aliphatic rings. The Morgan fingerprint density at radius 2 is 1.71 bits per heavy atom. The Kier molecular flexibility index (Phi) is 4.22. The highest BCUT2D eigenvalue weighted by Crippen LogP contribution is 2.44. The average Bonchev–Trinajstić information content (AvgIpc) is 2.95. The number of ether oxygens (including phenoxy) is 2. The van der Waals surface area contributed by atoms with Crippen LogP contribution in [0.5, 0.6) is 0 Å². The fraction of sp³-hybridized carbons (Fsp3) is 0.350. The maximum atomic E-state index is 12.1. The summed E-state index contributed by atoms with van der Waals surface area (Å²) in [6, 6.07) is 16.7. The molecule has 1 amide bonds. The lowest BCUT2D eigenvalue weighted by atomic mass is 9.98. The molecule has 0 bridgehead atoms. The number of nitrogens with one attached hydrogen (secondary N) is 1. The lowest BCUT2D eigenvalue weighted by Crippen LogP contribution is -2.39. The zero-order chi connectivity index (χ0) is 16.4. The van der Waals surface area contributed by atoms with E-state index in [-0.39, 0.29) is 12.1 Å². The summed E-state index contributed by atoms with van der Waals surface area (Å²) in [4.78, 5) is 12.1. The summed E-state index contributed by atoms with van der Waals surface area (Å²) in [7, 11) is 0. The monoisotopic (exact) mass is 323 g/mol. The van der Waals surface area contributed by atoms with Crippen molar-refractivity contribution in [1.29, 1.82) is 0 Å². The van der Waals surface area contributed by atoms with Gasteiger partial charge in [0, 0.05) is 12.5 Å². The molecule has 124 valence electrons. The van der Waals surface area contributed by atoms with E-state index < -0.39 is 6.09 Å². The highest BCUT2D eigenvalue weighted by molar-refractivity contribution is 5.79. The molecule has 1 aliphatic heterocycles. The molecule has 1 heterocycles. The Labute approximate surface area is 141 Å². The Morgan fingerprint density at radius 1 is 1.04 bits per heavy atom. The summed E-state index contributed by atoms with van der Waals surface area (Å²) in [6.07, 6.45) is 2.37. The van der Waals surface area contributed by atoms with Crippen LogP contribution in [-0.2, 0) is 9.47 Å². The van der Waals surface area contributed by atoms with Gasteiger partial charge in [-0.05, 0) is 41.5 Å². The van der Waals surface area contributed by atoms with Gasteiger partial charge >= 0.3 is 6.09 Å². The van der Waals surface area contributed by atoms with Gasteiger partial charge < -0.3 is 9.47 Å². The van der Waals surface area contributed by atoms with Crippen molar-refractivity contribution in [3.63, 3.8) is 0 Å². The number of alkyl carbamates (subject to hydrolysis) is 1. The van der Waals surface area contributed by atoms with Crippen LogP contribution in [0.15, 0.2) is 48.5 Å². The molecule has 1 fully saturated rings. The van der Waals surface area contributed by atoms with E-state index in [4.69, 9.17) is 9.47 Å². The number of rotatable bonds is 3. The Hall–Kier alpha value is -2.33. The summed E-state index contributed by atoms with van der Waals surface area (Å²) in [6.45, 7) is 1.04. The lowest BCUT2D eigenvalue weighted by molar-refractivity contribution is -0.00564. The van der Waals surface area contributed by atoms with E-state index in [2.05, 4.69) is 29.6 Å². The van der Waals surface area contributed by atoms with Gasteiger partial charge in [0.1, 0.15) is 12.8 Å². The van der Waals surface area contributed by atoms with Crippen molar-refractivity contribution in [3.05, 3.63) is 59.7 Å². The summed E-state index contributed by atoms with van der Waals surface area (Å²) in [5.74, 6) is 0.0930. The number of hydrogen-bond acceptors (Lipinski definition) is 3. The molecule has 1 N–H and O–H groups in total. The van der Waals surface area contributed by atoms with Gasteiger partial charge in [-0.1, -0.05) is 48.5 Å². The van der Waals surface area contributed by atoms with Crippen molar-refractivity contribution >= 4 is 6.09 Å². The van der Waals surface area contributed by atoms with E-state index in [1.54, 1.807) is 0 Å². The molecule has 4 heteroatoms. The quantitative estimate of drug-likeness (QED) is 0.927. The van der Waals surface area contributed by atoms with Crippen molar-refractivity contribution in [2.45, 2.75) is 31.4 Å². The molecule has 24 heavy (non-hydrogen) atoms. The van der Waals surface area contributed by atoms with Crippen molar-refractivity contribution in [2.24, 2.45) is 0 Å². The molecule has 0 aromatic heterocycles. The Bertz CT molecular complexity index is 692. The zero-order valence-electron chi connectivity index (χ0n) is 13.5. The summed E-state index contributed by atoms with van der Waals surface area (Å²) in [5.41, 5.74) is 4.91. The third-order valence-corrected chi connectivity index (χ3v) is 4.80. The van der Waals surface area contributed by atoms with Crippen LogP contribution >= 0.6 is 0 Å². The van der Waals surface area contributed by atoms with Crippen LogP contribution in [0.25, 0.3) is 11.1 Å². The van der Waals surface area contributed by atoms with Crippen molar-refractivity contribution in [1.82, 2.24) is 5.32 Å². The van der Waals surface area contributed by atoms with E-state index in [1.807, 2.05) is 24.3 Å². The molecule has 4 nitrogen and oxygen atoms in total. The highest BCUT2D eigenvalue weighted by atomic mass is 16.6. The number of hydrogen-bond donors (Lipinski definition) is 1. The third-order valence-electron chi connectivity index (χ3n) is 4.80. The molecule has 0 spiro atoms. The lowest BCUT2D eigenvalue weighted by Gasteiger charge is -2.23. The number of amides is 1. The predicted molar refractivity (Wildman–Crippen MR) is 91.8 cm³/mol. The molecule has 2 aromatic rings. The molecule has 4 rings (SSSR count). The topological polar surface area (TPSA) is 47.6 Å². The highest BCUT2D eigenvalue weighted by Gasteiger charge is 2.29. The van der Waals surface area contributed by atoms with Gasteiger partial charge in [0.15, 0.2) is 0 Å². The minimum absolute atomic E-state index is 0.0930. The predicted octanol–water partition coefficient (Wildman–Crippen LogP) is 4.05. The number of benzene rings is 2. The van der Waals surface area contributed by atoms with E-state index >= 15 is 0 Å². The first kappa shape index (κ1) is 15.2. The van der Waals surface area contributed by atoms with Gasteiger partial charge in [0.25, 0.3) is 0 Å². The second-order valence-corrected chi connectivity index (χ2v) is 6.33. The summed E-state index contributed by atoms with van der Waals surface area (Å²) >= 11 is 0. The molecular formula is C20H21NO3. The van der Waals surface area contributed by atoms with Crippen molar-refractivity contribution in [2.75, 3.05) is 13.2 Å². The number of carbonyl (C=O) groups is 1. The van der Waals surface area contributed by atoms with Gasteiger partial charge in [-0.3, -0.25) is 5.32 Å². The maximum absolute atomic E-state index is 12.1. The Morgan fingerprint density at radius 3 is 2.33 bits per heavy atom. The summed E-state index contributed by atoms with van der Waals surface area (Å²) in [5, 5.41) is 2.81. The second-order valence-electron chi connectivity index (χ2n) is 6.33. The minimum atomic E-state index is -0.399. The first-order valence-corrected chi connectivity index (χ1v) is 8.56. The largest absolute Gasteiger partial charge is 0.448 e.